The first-order valence-corrected chi connectivity index (χ1v) is 8.72. The molecule has 4 heterocycles. The molecule has 0 amide bonds. The second-order valence-electron chi connectivity index (χ2n) is 6.60. The van der Waals surface area contributed by atoms with Gasteiger partial charge in [0.2, 0.25) is 0 Å². The van der Waals surface area contributed by atoms with E-state index in [9.17, 15) is 5.11 Å². The van der Waals surface area contributed by atoms with Crippen molar-refractivity contribution in [2.75, 3.05) is 31.1 Å². The molecule has 2 aromatic rings. The Morgan fingerprint density at radius 1 is 1.25 bits per heavy atom. The third-order valence-corrected chi connectivity index (χ3v) is 4.93. The molecule has 1 unspecified atom stereocenters. The van der Waals surface area contributed by atoms with Crippen LogP contribution >= 0.6 is 0 Å². The molecule has 2 aliphatic rings. The zero-order valence-electron chi connectivity index (χ0n) is 13.8. The van der Waals surface area contributed by atoms with E-state index in [1.165, 1.54) is 5.56 Å². The van der Waals surface area contributed by atoms with Crippen LogP contribution in [0.2, 0.25) is 0 Å². The highest BCUT2D eigenvalue weighted by Crippen LogP contribution is 2.30. The van der Waals surface area contributed by atoms with Gasteiger partial charge in [-0.3, -0.25) is 4.98 Å². The van der Waals surface area contributed by atoms with Crippen LogP contribution in [0.4, 0.5) is 5.82 Å². The van der Waals surface area contributed by atoms with Gasteiger partial charge in [0, 0.05) is 49.8 Å². The first-order valence-electron chi connectivity index (χ1n) is 8.72. The number of nitrogens with one attached hydrogen (secondary N) is 1. The highest BCUT2D eigenvalue weighted by atomic mass is 16.3. The molecule has 1 atom stereocenters. The molecule has 0 spiro atoms. The Kier molecular flexibility index (Phi) is 4.40. The summed E-state index contributed by atoms with van der Waals surface area (Å²) in [6, 6.07) is 3.91. The summed E-state index contributed by atoms with van der Waals surface area (Å²) >= 11 is 0. The Morgan fingerprint density at radius 2 is 2.12 bits per heavy atom. The Hall–Kier alpha value is -2.05. The van der Waals surface area contributed by atoms with E-state index in [1.807, 2.05) is 12.1 Å². The third kappa shape index (κ3) is 2.99. The largest absolute Gasteiger partial charge is 0.396 e. The zero-order valence-corrected chi connectivity index (χ0v) is 13.8. The first kappa shape index (κ1) is 15.5. The van der Waals surface area contributed by atoms with E-state index < -0.39 is 0 Å². The number of aromatic nitrogens is 3. The highest BCUT2D eigenvalue weighted by molar-refractivity contribution is 5.60. The van der Waals surface area contributed by atoms with Crippen molar-refractivity contribution in [3.05, 3.63) is 35.8 Å². The van der Waals surface area contributed by atoms with Crippen molar-refractivity contribution in [2.24, 2.45) is 5.92 Å². The highest BCUT2D eigenvalue weighted by Gasteiger charge is 2.26. The van der Waals surface area contributed by atoms with Crippen LogP contribution < -0.4 is 10.2 Å². The van der Waals surface area contributed by atoms with Crippen molar-refractivity contribution < 1.29 is 5.11 Å². The number of hydrogen-bond donors (Lipinski definition) is 2. The lowest BCUT2D eigenvalue weighted by atomic mass is 9.97. The quantitative estimate of drug-likeness (QED) is 0.888. The summed E-state index contributed by atoms with van der Waals surface area (Å²) in [4.78, 5) is 16.2. The van der Waals surface area contributed by atoms with Gasteiger partial charge in [0.1, 0.15) is 5.82 Å². The summed E-state index contributed by atoms with van der Waals surface area (Å²) in [5.74, 6) is 2.17. The topological polar surface area (TPSA) is 74.2 Å². The molecule has 0 aliphatic carbocycles. The van der Waals surface area contributed by atoms with E-state index in [0.29, 0.717) is 5.92 Å². The van der Waals surface area contributed by atoms with Crippen LogP contribution in [-0.2, 0) is 13.0 Å². The average Bonchev–Trinajstić information content (AvgIpc) is 2.68. The first-order chi connectivity index (χ1) is 11.8. The molecule has 2 N–H and O–H groups in total. The second kappa shape index (κ2) is 6.83. The fourth-order valence-corrected chi connectivity index (χ4v) is 3.64. The van der Waals surface area contributed by atoms with Crippen LogP contribution in [0.5, 0.6) is 0 Å². The maximum Gasteiger partial charge on any atom is 0.161 e. The minimum absolute atomic E-state index is 0.253. The SMILES string of the molecule is OCC1CCCN(c2nc(-c3ccncc3)nc3c2CCNC3)C1. The van der Waals surface area contributed by atoms with Crippen molar-refractivity contribution in [2.45, 2.75) is 25.8 Å². The van der Waals surface area contributed by atoms with E-state index in [4.69, 9.17) is 9.97 Å². The minimum Gasteiger partial charge on any atom is -0.396 e. The van der Waals surface area contributed by atoms with Crippen LogP contribution in [0.25, 0.3) is 11.4 Å². The lowest BCUT2D eigenvalue weighted by Crippen LogP contribution is -2.39. The van der Waals surface area contributed by atoms with Crippen LogP contribution in [-0.4, -0.2) is 46.3 Å². The van der Waals surface area contributed by atoms with Crippen molar-refractivity contribution in [1.29, 1.82) is 0 Å². The number of anilines is 1. The Labute approximate surface area is 142 Å². The normalized spacial score (nSPS) is 20.7. The number of nitrogens with zero attached hydrogens (tertiary/aromatic N) is 4. The number of aliphatic hydroxyl groups excluding tert-OH is 1. The summed E-state index contributed by atoms with van der Waals surface area (Å²) in [5.41, 5.74) is 3.37. The van der Waals surface area contributed by atoms with Gasteiger partial charge in [-0.05, 0) is 43.9 Å². The third-order valence-electron chi connectivity index (χ3n) is 4.93. The summed E-state index contributed by atoms with van der Waals surface area (Å²) < 4.78 is 0. The molecule has 6 heteroatoms. The Bertz CT molecular complexity index is 706. The van der Waals surface area contributed by atoms with Gasteiger partial charge in [-0.15, -0.1) is 0 Å². The van der Waals surface area contributed by atoms with Gasteiger partial charge in [0.05, 0.1) is 5.69 Å². The van der Waals surface area contributed by atoms with E-state index in [2.05, 4.69) is 15.2 Å². The van der Waals surface area contributed by atoms with Crippen molar-refractivity contribution in [1.82, 2.24) is 20.3 Å². The zero-order chi connectivity index (χ0) is 16.4. The monoisotopic (exact) mass is 325 g/mol. The van der Waals surface area contributed by atoms with E-state index >= 15 is 0 Å². The molecule has 1 fully saturated rings. The van der Waals surface area contributed by atoms with Crippen molar-refractivity contribution >= 4 is 5.82 Å². The molecular weight excluding hydrogens is 302 g/mol. The summed E-state index contributed by atoms with van der Waals surface area (Å²) in [6.45, 7) is 3.89. The van der Waals surface area contributed by atoms with E-state index in [1.54, 1.807) is 12.4 Å². The molecule has 126 valence electrons. The molecule has 2 aromatic heterocycles. The molecule has 0 aromatic carbocycles. The van der Waals surface area contributed by atoms with Crippen LogP contribution in [0.15, 0.2) is 24.5 Å². The smallest absolute Gasteiger partial charge is 0.161 e. The summed E-state index contributed by atoms with van der Waals surface area (Å²) in [6.07, 6.45) is 6.71. The van der Waals surface area contributed by atoms with Gasteiger partial charge >= 0.3 is 0 Å². The predicted octanol–water partition coefficient (Wildman–Crippen LogP) is 1.39. The van der Waals surface area contributed by atoms with Crippen molar-refractivity contribution in [3.63, 3.8) is 0 Å². The van der Waals surface area contributed by atoms with E-state index in [-0.39, 0.29) is 6.61 Å². The van der Waals surface area contributed by atoms with Gasteiger partial charge in [0.15, 0.2) is 5.82 Å². The van der Waals surface area contributed by atoms with Crippen LogP contribution in [0.3, 0.4) is 0 Å². The van der Waals surface area contributed by atoms with Gasteiger partial charge in [-0.1, -0.05) is 0 Å². The Morgan fingerprint density at radius 3 is 2.96 bits per heavy atom. The minimum atomic E-state index is 0.253. The number of aliphatic hydroxyl groups is 1. The van der Waals surface area contributed by atoms with Crippen LogP contribution in [0, 0.1) is 5.92 Å². The molecule has 0 bridgehead atoms. The van der Waals surface area contributed by atoms with Crippen LogP contribution in [0.1, 0.15) is 24.1 Å². The van der Waals surface area contributed by atoms with Gasteiger partial charge < -0.3 is 15.3 Å². The molecule has 2 aliphatic heterocycles. The molecule has 0 radical (unpaired) electrons. The molecular formula is C18H23N5O. The van der Waals surface area contributed by atoms with Gasteiger partial charge in [0.25, 0.3) is 0 Å². The second-order valence-corrected chi connectivity index (χ2v) is 6.60. The predicted molar refractivity (Wildman–Crippen MR) is 92.7 cm³/mol. The molecule has 0 saturated carbocycles. The van der Waals surface area contributed by atoms with Gasteiger partial charge in [-0.25, -0.2) is 9.97 Å². The fraction of sp³-hybridized carbons (Fsp3) is 0.500. The lowest BCUT2D eigenvalue weighted by molar-refractivity contribution is 0.208. The number of piperidine rings is 1. The van der Waals surface area contributed by atoms with Gasteiger partial charge in [-0.2, -0.15) is 0 Å². The van der Waals surface area contributed by atoms with E-state index in [0.717, 1.165) is 68.3 Å². The molecule has 4 rings (SSSR count). The maximum atomic E-state index is 9.55. The fourth-order valence-electron chi connectivity index (χ4n) is 3.64. The number of fused-ring (bicyclic) bond motifs is 1. The number of pyridine rings is 1. The molecule has 6 nitrogen and oxygen atoms in total. The standard InChI is InChI=1S/C18H23N5O/c24-12-13-2-1-9-23(11-13)18-15-5-8-20-10-16(15)21-17(22-18)14-3-6-19-7-4-14/h3-4,6-7,13,20,24H,1-2,5,8-12H2. The average molecular weight is 325 g/mol. The number of hydrogen-bond acceptors (Lipinski definition) is 6. The van der Waals surface area contributed by atoms with Crippen molar-refractivity contribution in [3.8, 4) is 11.4 Å². The number of rotatable bonds is 3. The lowest BCUT2D eigenvalue weighted by Gasteiger charge is -2.35. The summed E-state index contributed by atoms with van der Waals surface area (Å²) in [5, 5.41) is 13.0. The summed E-state index contributed by atoms with van der Waals surface area (Å²) in [7, 11) is 0. The Balaban J connectivity index is 1.76. The molecule has 1 saturated heterocycles. The molecule has 24 heavy (non-hydrogen) atoms. The maximum absolute atomic E-state index is 9.55.